The van der Waals surface area contributed by atoms with Gasteiger partial charge < -0.3 is 18.8 Å². The molecule has 2 aromatic carbocycles. The predicted octanol–water partition coefficient (Wildman–Crippen LogP) is 7.26. The molecule has 2 heterocycles. The highest BCUT2D eigenvalue weighted by Crippen LogP contribution is 2.46. The van der Waals surface area contributed by atoms with Crippen molar-refractivity contribution in [2.45, 2.75) is 65.2 Å². The zero-order valence-electron chi connectivity index (χ0n) is 28.1. The fourth-order valence-electron chi connectivity index (χ4n) is 5.70. The largest absolute Gasteiger partial charge is 0.425 e. The minimum absolute atomic E-state index is 0.0106. The summed E-state index contributed by atoms with van der Waals surface area (Å²) in [5.74, 6) is -0.00408. The van der Waals surface area contributed by atoms with Crippen molar-refractivity contribution in [3.8, 4) is 5.88 Å². The zero-order valence-corrected chi connectivity index (χ0v) is 29.1. The van der Waals surface area contributed by atoms with Gasteiger partial charge >= 0.3 is 6.09 Å². The van der Waals surface area contributed by atoms with Gasteiger partial charge in [-0.25, -0.2) is 14.7 Å². The molecule has 2 aromatic heterocycles. The fourth-order valence-corrected chi connectivity index (χ4v) is 8.08. The van der Waals surface area contributed by atoms with Crippen molar-refractivity contribution in [1.82, 2.24) is 19.5 Å². The van der Waals surface area contributed by atoms with E-state index in [4.69, 9.17) is 9.16 Å². The van der Waals surface area contributed by atoms with Crippen LogP contribution < -0.4 is 15.0 Å². The number of aromatic nitrogens is 4. The summed E-state index contributed by atoms with van der Waals surface area (Å²) in [6.07, 6.45) is 3.61. The maximum Gasteiger partial charge on any atom is 0.425 e. The Balaban J connectivity index is 1.46. The van der Waals surface area contributed by atoms with Crippen molar-refractivity contribution in [1.29, 1.82) is 0 Å². The van der Waals surface area contributed by atoms with E-state index in [1.54, 1.807) is 30.6 Å². The lowest BCUT2D eigenvalue weighted by Gasteiger charge is -2.43. The van der Waals surface area contributed by atoms with E-state index >= 15 is 0 Å². The number of para-hydroxylation sites is 2. The average molecular weight is 657 g/mol. The van der Waals surface area contributed by atoms with E-state index in [-0.39, 0.29) is 46.9 Å². The van der Waals surface area contributed by atoms with Crippen LogP contribution in [0.5, 0.6) is 5.88 Å². The zero-order chi connectivity index (χ0) is 33.9. The molecule has 4 aromatic rings. The molecule has 12 heteroatoms. The Bertz CT molecular complexity index is 1720. The number of carbonyl (C=O) groups is 2. The monoisotopic (exact) mass is 656 g/mol. The van der Waals surface area contributed by atoms with E-state index in [0.29, 0.717) is 36.0 Å². The van der Waals surface area contributed by atoms with E-state index in [0.717, 1.165) is 5.57 Å². The van der Waals surface area contributed by atoms with Gasteiger partial charge in [-0.15, -0.1) is 0 Å². The van der Waals surface area contributed by atoms with Gasteiger partial charge in [-0.1, -0.05) is 70.2 Å². The Morgan fingerprint density at radius 1 is 1.06 bits per heavy atom. The number of ether oxygens (including phenoxy) is 1. The molecule has 11 nitrogen and oxygen atoms in total. The summed E-state index contributed by atoms with van der Waals surface area (Å²) in [7, 11) is -2.08. The molecule has 248 valence electrons. The second kappa shape index (κ2) is 13.8. The summed E-state index contributed by atoms with van der Waals surface area (Å²) in [5.41, 5.74) is 2.75. The molecule has 5 rings (SSSR count). The Kier molecular flexibility index (Phi) is 9.94. The highest BCUT2D eigenvalue weighted by Gasteiger charge is 2.44. The first-order chi connectivity index (χ1) is 22.3. The number of benzene rings is 2. The van der Waals surface area contributed by atoms with Crippen LogP contribution in [0.25, 0.3) is 11.2 Å². The van der Waals surface area contributed by atoms with Gasteiger partial charge in [0.15, 0.2) is 19.5 Å². The second-order valence-corrected chi connectivity index (χ2v) is 17.9. The smallest absolute Gasteiger partial charge is 0.416 e. The number of rotatable bonds is 11. The molecule has 0 bridgehead atoms. The maximum atomic E-state index is 13.8. The summed E-state index contributed by atoms with van der Waals surface area (Å²) in [5, 5.41) is 13.0. The molecule has 47 heavy (non-hydrogen) atoms. The van der Waals surface area contributed by atoms with Gasteiger partial charge in [0.25, 0.3) is 5.88 Å². The topological polar surface area (TPSA) is 132 Å². The highest BCUT2D eigenvalue weighted by atomic mass is 28.4. The first kappa shape index (κ1) is 34.0. The minimum atomic E-state index is -2.08. The molecule has 0 unspecified atom stereocenters. The Hall–Kier alpha value is -4.39. The molecule has 2 amide bonds. The molecular formula is C35H44N6O5Si. The predicted molar refractivity (Wildman–Crippen MR) is 185 cm³/mol. The number of fused-ring (bicyclic) bond motifs is 1. The van der Waals surface area contributed by atoms with Gasteiger partial charge in [0.1, 0.15) is 0 Å². The van der Waals surface area contributed by atoms with Crippen molar-refractivity contribution in [3.63, 3.8) is 0 Å². The van der Waals surface area contributed by atoms with Crippen LogP contribution >= 0.6 is 0 Å². The number of aliphatic hydroxyl groups excluding tert-OH is 1. The Morgan fingerprint density at radius 2 is 1.68 bits per heavy atom. The summed E-state index contributed by atoms with van der Waals surface area (Å²) in [6, 6.07) is 18.1. The number of amides is 2. The number of anilines is 3. The molecular weight excluding hydrogens is 613 g/mol. The summed E-state index contributed by atoms with van der Waals surface area (Å²) >= 11 is 0. The number of imidazole rings is 1. The third kappa shape index (κ3) is 7.14. The molecule has 0 radical (unpaired) electrons. The SMILES string of the molecule is CC(=O)Nc1nc(OC(=O)N(c2ccccc2)c2ccccc2)c2ncn([C@@H]3C=C(CO)[C@H](CO[Si](C)(C)C(C)(C)C(C)C)C3)c2n1. The summed E-state index contributed by atoms with van der Waals surface area (Å²) in [6.45, 7) is 15.3. The Morgan fingerprint density at radius 3 is 2.23 bits per heavy atom. The van der Waals surface area contributed by atoms with Crippen molar-refractivity contribution in [2.24, 2.45) is 11.8 Å². The van der Waals surface area contributed by atoms with Crippen molar-refractivity contribution in [2.75, 3.05) is 23.4 Å². The first-order valence-corrected chi connectivity index (χ1v) is 18.8. The van der Waals surface area contributed by atoms with Crippen LogP contribution in [0.1, 0.15) is 47.1 Å². The molecule has 0 fully saturated rings. The number of aliphatic hydroxyl groups is 1. The lowest BCUT2D eigenvalue weighted by molar-refractivity contribution is -0.114. The van der Waals surface area contributed by atoms with Crippen molar-refractivity contribution >= 4 is 48.8 Å². The van der Waals surface area contributed by atoms with Crippen molar-refractivity contribution in [3.05, 3.63) is 78.6 Å². The van der Waals surface area contributed by atoms with E-state index < -0.39 is 14.4 Å². The first-order valence-electron chi connectivity index (χ1n) is 15.9. The molecule has 0 aliphatic heterocycles. The van der Waals surface area contributed by atoms with E-state index in [1.807, 2.05) is 47.0 Å². The normalized spacial score (nSPS) is 16.7. The maximum absolute atomic E-state index is 13.8. The van der Waals surface area contributed by atoms with Crippen LogP contribution in [-0.4, -0.2) is 58.2 Å². The second-order valence-electron chi connectivity index (χ2n) is 13.3. The molecule has 1 aliphatic carbocycles. The van der Waals surface area contributed by atoms with Crippen LogP contribution in [0, 0.1) is 11.8 Å². The number of hydrogen-bond acceptors (Lipinski definition) is 8. The lowest BCUT2D eigenvalue weighted by Crippen LogP contribution is -2.46. The molecule has 0 saturated heterocycles. The van der Waals surface area contributed by atoms with Crippen LogP contribution in [0.15, 0.2) is 78.6 Å². The van der Waals surface area contributed by atoms with Gasteiger partial charge in [-0.05, 0) is 60.3 Å². The highest BCUT2D eigenvalue weighted by molar-refractivity contribution is 6.74. The third-order valence-electron chi connectivity index (χ3n) is 9.71. The minimum Gasteiger partial charge on any atom is -0.416 e. The van der Waals surface area contributed by atoms with Gasteiger partial charge in [0.2, 0.25) is 11.9 Å². The Labute approximate surface area is 276 Å². The van der Waals surface area contributed by atoms with Gasteiger partial charge in [0.05, 0.1) is 30.4 Å². The van der Waals surface area contributed by atoms with Gasteiger partial charge in [-0.3, -0.25) is 10.1 Å². The van der Waals surface area contributed by atoms with Crippen LogP contribution in [0.4, 0.5) is 22.1 Å². The fraction of sp³-hybridized carbons (Fsp3) is 0.400. The summed E-state index contributed by atoms with van der Waals surface area (Å²) < 4.78 is 14.5. The molecule has 0 spiro atoms. The van der Waals surface area contributed by atoms with E-state index in [2.05, 4.69) is 61.1 Å². The lowest BCUT2D eigenvalue weighted by atomic mass is 9.99. The quantitative estimate of drug-likeness (QED) is 0.127. The van der Waals surface area contributed by atoms with Crippen molar-refractivity contribution < 1.29 is 23.9 Å². The van der Waals surface area contributed by atoms with E-state index in [1.165, 1.54) is 11.8 Å². The van der Waals surface area contributed by atoms with Gasteiger partial charge in [-0.2, -0.15) is 9.97 Å². The standard InChI is InChI=1S/C35H44N6O5Si/c1-23(2)35(4,5)47(6,7)45-21-26-19-29(18-25(26)20-42)40-22-36-30-31(40)38-33(37-24(3)43)39-32(30)46-34(44)41(27-14-10-8-11-15-27)28-16-12-9-13-17-28/h8-18,22-23,26,29,42H,19-21H2,1-7H3,(H,37,38,39,43)/t26-,29+/m0/s1. The van der Waals surface area contributed by atoms with Crippen LogP contribution in [0.3, 0.4) is 0 Å². The van der Waals surface area contributed by atoms with E-state index in [9.17, 15) is 14.7 Å². The number of carbonyl (C=O) groups excluding carboxylic acids is 2. The number of allylic oxidation sites excluding steroid dienone is 1. The van der Waals surface area contributed by atoms with Gasteiger partial charge in [0, 0.05) is 19.4 Å². The molecule has 2 N–H and O–H groups in total. The average Bonchev–Trinajstić information content (AvgIpc) is 3.65. The van der Waals surface area contributed by atoms with Crippen LogP contribution in [-0.2, 0) is 9.22 Å². The number of nitrogens with zero attached hydrogens (tertiary/aromatic N) is 5. The molecule has 2 atom stereocenters. The molecule has 0 saturated carbocycles. The number of nitrogens with one attached hydrogen (secondary N) is 1. The van der Waals surface area contributed by atoms with Crippen LogP contribution in [0.2, 0.25) is 18.1 Å². The summed E-state index contributed by atoms with van der Waals surface area (Å²) in [4.78, 5) is 40.8. The molecule has 1 aliphatic rings. The third-order valence-corrected chi connectivity index (χ3v) is 14.3. The number of hydrogen-bond donors (Lipinski definition) is 2.